The lowest BCUT2D eigenvalue weighted by Crippen LogP contribution is -2.49. The van der Waals surface area contributed by atoms with Crippen LogP contribution in [-0.4, -0.2) is 62.7 Å². The molecule has 1 aliphatic rings. The number of hydrogen-bond acceptors (Lipinski definition) is 6. The van der Waals surface area contributed by atoms with E-state index in [9.17, 15) is 9.59 Å². The largest absolute Gasteiger partial charge is 0.352 e. The van der Waals surface area contributed by atoms with Gasteiger partial charge in [-0.3, -0.25) is 9.59 Å². The van der Waals surface area contributed by atoms with Gasteiger partial charge in [-0.1, -0.05) is 38.1 Å². The second kappa shape index (κ2) is 9.11. The Labute approximate surface area is 181 Å². The van der Waals surface area contributed by atoms with Crippen LogP contribution in [-0.2, 0) is 22.6 Å². The molecule has 31 heavy (non-hydrogen) atoms. The van der Waals surface area contributed by atoms with Gasteiger partial charge in [-0.2, -0.15) is 4.52 Å². The van der Waals surface area contributed by atoms with Crippen molar-refractivity contribution in [3.05, 3.63) is 53.9 Å². The molecular weight excluding hydrogens is 394 g/mol. The lowest BCUT2D eigenvalue weighted by atomic mass is 10.1. The number of rotatable bonds is 6. The van der Waals surface area contributed by atoms with Gasteiger partial charge < -0.3 is 15.1 Å². The zero-order chi connectivity index (χ0) is 21.8. The van der Waals surface area contributed by atoms with E-state index < -0.39 is 0 Å². The number of carbonyl (C=O) groups is 2. The Bertz CT molecular complexity index is 1070. The van der Waals surface area contributed by atoms with Crippen LogP contribution in [0.4, 0.5) is 5.82 Å². The van der Waals surface area contributed by atoms with Crippen molar-refractivity contribution in [2.45, 2.75) is 26.8 Å². The molecule has 0 radical (unpaired) electrons. The minimum Gasteiger partial charge on any atom is -0.352 e. The third-order valence-electron chi connectivity index (χ3n) is 5.44. The molecule has 3 heterocycles. The molecule has 2 aromatic heterocycles. The van der Waals surface area contributed by atoms with Crippen molar-refractivity contribution in [1.82, 2.24) is 30.0 Å². The average molecular weight is 422 g/mol. The Hall–Kier alpha value is -3.49. The molecule has 0 unspecified atom stereocenters. The standard InChI is InChI=1S/C22H27N7O2/c1-16(2)22(31)23-14-18-5-3-4-17(12-18)13-21(30)28-10-8-27(9-11-28)20-7-6-19-25-24-15-29(19)26-20/h3-7,12,15-16H,8-11,13-14H2,1-2H3,(H,23,31). The van der Waals surface area contributed by atoms with Crippen molar-refractivity contribution in [1.29, 1.82) is 0 Å². The number of nitrogens with zero attached hydrogens (tertiary/aromatic N) is 6. The van der Waals surface area contributed by atoms with Crippen molar-refractivity contribution < 1.29 is 9.59 Å². The summed E-state index contributed by atoms with van der Waals surface area (Å²) in [7, 11) is 0. The van der Waals surface area contributed by atoms with Crippen LogP contribution in [0, 0.1) is 5.92 Å². The molecule has 9 heteroatoms. The summed E-state index contributed by atoms with van der Waals surface area (Å²) in [5, 5.41) is 15.3. The summed E-state index contributed by atoms with van der Waals surface area (Å²) in [4.78, 5) is 28.7. The third kappa shape index (κ3) is 4.99. The van der Waals surface area contributed by atoms with Crippen LogP contribution >= 0.6 is 0 Å². The number of anilines is 1. The normalized spacial score (nSPS) is 14.3. The monoisotopic (exact) mass is 421 g/mol. The molecule has 0 saturated carbocycles. The summed E-state index contributed by atoms with van der Waals surface area (Å²) in [6.07, 6.45) is 1.94. The highest BCUT2D eigenvalue weighted by Crippen LogP contribution is 2.15. The van der Waals surface area contributed by atoms with Crippen molar-refractivity contribution >= 4 is 23.3 Å². The zero-order valence-corrected chi connectivity index (χ0v) is 17.9. The smallest absolute Gasteiger partial charge is 0.227 e. The summed E-state index contributed by atoms with van der Waals surface area (Å²) in [6.45, 7) is 6.99. The summed E-state index contributed by atoms with van der Waals surface area (Å²) in [6, 6.07) is 11.7. The molecule has 162 valence electrons. The van der Waals surface area contributed by atoms with Gasteiger partial charge in [0.05, 0.1) is 6.42 Å². The Morgan fingerprint density at radius 2 is 1.84 bits per heavy atom. The highest BCUT2D eigenvalue weighted by atomic mass is 16.2. The first kappa shape index (κ1) is 20.8. The minimum atomic E-state index is -0.0443. The van der Waals surface area contributed by atoms with Crippen LogP contribution in [0.1, 0.15) is 25.0 Å². The van der Waals surface area contributed by atoms with E-state index in [1.807, 2.05) is 55.1 Å². The first-order valence-electron chi connectivity index (χ1n) is 10.5. The Kier molecular flexibility index (Phi) is 6.11. The Balaban J connectivity index is 1.30. The van der Waals surface area contributed by atoms with Gasteiger partial charge in [-0.15, -0.1) is 15.3 Å². The fraction of sp³-hybridized carbons (Fsp3) is 0.409. The van der Waals surface area contributed by atoms with E-state index in [1.165, 1.54) is 0 Å². The molecule has 3 aromatic rings. The molecule has 2 amide bonds. The van der Waals surface area contributed by atoms with Gasteiger partial charge in [0.25, 0.3) is 0 Å². The van der Waals surface area contributed by atoms with E-state index >= 15 is 0 Å². The highest BCUT2D eigenvalue weighted by molar-refractivity contribution is 5.79. The Morgan fingerprint density at radius 3 is 2.61 bits per heavy atom. The van der Waals surface area contributed by atoms with Crippen molar-refractivity contribution in [3.63, 3.8) is 0 Å². The number of fused-ring (bicyclic) bond motifs is 1. The SMILES string of the molecule is CC(C)C(=O)NCc1cccc(CC(=O)N2CCN(c3ccc4nncn4n3)CC2)c1. The van der Waals surface area contributed by atoms with Crippen LogP contribution in [0.5, 0.6) is 0 Å². The van der Waals surface area contributed by atoms with Gasteiger partial charge in [0, 0.05) is 38.6 Å². The molecule has 0 atom stereocenters. The van der Waals surface area contributed by atoms with E-state index in [2.05, 4.69) is 25.5 Å². The molecule has 0 bridgehead atoms. The topological polar surface area (TPSA) is 95.7 Å². The van der Waals surface area contributed by atoms with Gasteiger partial charge in [-0.05, 0) is 23.3 Å². The van der Waals surface area contributed by atoms with Crippen molar-refractivity contribution in [3.8, 4) is 0 Å². The lowest BCUT2D eigenvalue weighted by molar-refractivity contribution is -0.130. The van der Waals surface area contributed by atoms with Crippen LogP contribution < -0.4 is 10.2 Å². The average Bonchev–Trinajstić information content (AvgIpc) is 3.25. The fourth-order valence-electron chi connectivity index (χ4n) is 3.60. The van der Waals surface area contributed by atoms with Gasteiger partial charge in [0.1, 0.15) is 12.1 Å². The van der Waals surface area contributed by atoms with Crippen LogP contribution in [0.3, 0.4) is 0 Å². The summed E-state index contributed by atoms with van der Waals surface area (Å²) in [5.41, 5.74) is 2.67. The fourth-order valence-corrected chi connectivity index (χ4v) is 3.60. The molecule has 1 aliphatic heterocycles. The van der Waals surface area contributed by atoms with Crippen LogP contribution in [0.2, 0.25) is 0 Å². The third-order valence-corrected chi connectivity index (χ3v) is 5.44. The van der Waals surface area contributed by atoms with E-state index in [4.69, 9.17) is 0 Å². The Morgan fingerprint density at radius 1 is 1.06 bits per heavy atom. The van der Waals surface area contributed by atoms with E-state index in [1.54, 1.807) is 10.8 Å². The van der Waals surface area contributed by atoms with E-state index in [0.29, 0.717) is 31.7 Å². The molecule has 4 rings (SSSR count). The molecule has 0 aliphatic carbocycles. The van der Waals surface area contributed by atoms with Gasteiger partial charge in [0.15, 0.2) is 5.65 Å². The first-order chi connectivity index (χ1) is 15.0. The maximum Gasteiger partial charge on any atom is 0.227 e. The molecule has 1 saturated heterocycles. The quantitative estimate of drug-likeness (QED) is 0.644. The van der Waals surface area contributed by atoms with E-state index in [0.717, 1.165) is 30.0 Å². The number of amides is 2. The van der Waals surface area contributed by atoms with Crippen LogP contribution in [0.15, 0.2) is 42.7 Å². The van der Waals surface area contributed by atoms with Gasteiger partial charge >= 0.3 is 0 Å². The van der Waals surface area contributed by atoms with E-state index in [-0.39, 0.29) is 17.7 Å². The second-order valence-electron chi connectivity index (χ2n) is 8.06. The summed E-state index contributed by atoms with van der Waals surface area (Å²) >= 11 is 0. The lowest BCUT2D eigenvalue weighted by Gasteiger charge is -2.35. The number of carbonyl (C=O) groups excluding carboxylic acids is 2. The van der Waals surface area contributed by atoms with Crippen LogP contribution in [0.25, 0.3) is 5.65 Å². The molecule has 0 spiro atoms. The molecule has 9 nitrogen and oxygen atoms in total. The van der Waals surface area contributed by atoms with Gasteiger partial charge in [0.2, 0.25) is 11.8 Å². The minimum absolute atomic E-state index is 0.0253. The molecular formula is C22H27N7O2. The number of piperazine rings is 1. The highest BCUT2D eigenvalue weighted by Gasteiger charge is 2.22. The van der Waals surface area contributed by atoms with Gasteiger partial charge in [-0.25, -0.2) is 0 Å². The number of nitrogens with one attached hydrogen (secondary N) is 1. The van der Waals surface area contributed by atoms with Crippen molar-refractivity contribution in [2.24, 2.45) is 5.92 Å². The zero-order valence-electron chi connectivity index (χ0n) is 17.9. The molecule has 1 aromatic carbocycles. The first-order valence-corrected chi connectivity index (χ1v) is 10.5. The second-order valence-corrected chi connectivity index (χ2v) is 8.06. The molecule has 1 fully saturated rings. The maximum absolute atomic E-state index is 12.8. The van der Waals surface area contributed by atoms with Crippen molar-refractivity contribution in [2.75, 3.05) is 31.1 Å². The summed E-state index contributed by atoms with van der Waals surface area (Å²) < 4.78 is 1.66. The number of benzene rings is 1. The number of hydrogen-bond donors (Lipinski definition) is 1. The molecule has 1 N–H and O–H groups in total. The summed E-state index contributed by atoms with van der Waals surface area (Å²) in [5.74, 6) is 0.954. The number of aromatic nitrogens is 4. The predicted molar refractivity (Wildman–Crippen MR) is 116 cm³/mol. The maximum atomic E-state index is 12.8. The predicted octanol–water partition coefficient (Wildman–Crippen LogP) is 1.29.